The summed E-state index contributed by atoms with van der Waals surface area (Å²) in [6.07, 6.45) is 4.41. The summed E-state index contributed by atoms with van der Waals surface area (Å²) >= 11 is 0. The minimum Gasteiger partial charge on any atom is -0.480 e. The van der Waals surface area contributed by atoms with Gasteiger partial charge < -0.3 is 15.5 Å². The molecule has 0 aromatic carbocycles. The Labute approximate surface area is 100 Å². The molecule has 0 saturated heterocycles. The third kappa shape index (κ3) is 2.60. The average Bonchev–Trinajstić information content (AvgIpc) is 2.89. The van der Waals surface area contributed by atoms with Crippen molar-refractivity contribution in [2.75, 3.05) is 6.61 Å². The number of aliphatic hydroxyl groups excluding tert-OH is 1. The van der Waals surface area contributed by atoms with E-state index >= 15 is 0 Å². The third-order valence-electron chi connectivity index (χ3n) is 4.11. The second-order valence-corrected chi connectivity index (χ2v) is 5.19. The Morgan fingerprint density at radius 1 is 1.29 bits per heavy atom. The van der Waals surface area contributed by atoms with Crippen LogP contribution in [-0.4, -0.2) is 34.7 Å². The van der Waals surface area contributed by atoms with Gasteiger partial charge in [0.15, 0.2) is 0 Å². The van der Waals surface area contributed by atoms with Gasteiger partial charge in [0.1, 0.15) is 6.04 Å². The SMILES string of the molecule is O=C(O)C(CCO)NC(=O)C1CC2CCC1C2. The zero-order valence-corrected chi connectivity index (χ0v) is 9.76. The molecule has 1 amide bonds. The predicted octanol–water partition coefficient (Wildman–Crippen LogP) is 0.374. The van der Waals surface area contributed by atoms with Crippen molar-refractivity contribution in [3.8, 4) is 0 Å². The maximum atomic E-state index is 12.0. The van der Waals surface area contributed by atoms with Crippen molar-refractivity contribution in [2.45, 2.75) is 38.1 Å². The molecule has 2 rings (SSSR count). The maximum Gasteiger partial charge on any atom is 0.326 e. The molecule has 96 valence electrons. The third-order valence-corrected chi connectivity index (χ3v) is 4.11. The van der Waals surface area contributed by atoms with Crippen molar-refractivity contribution >= 4 is 11.9 Å². The molecule has 0 heterocycles. The van der Waals surface area contributed by atoms with E-state index in [0.717, 1.165) is 19.3 Å². The van der Waals surface area contributed by atoms with Crippen LogP contribution in [0, 0.1) is 17.8 Å². The number of carbonyl (C=O) groups excluding carboxylic acids is 1. The number of hydrogen-bond acceptors (Lipinski definition) is 3. The standard InChI is InChI=1S/C12H19NO4/c14-4-3-10(12(16)17)13-11(15)9-6-7-1-2-8(9)5-7/h7-10,14H,1-6H2,(H,13,15)(H,16,17). The molecule has 2 aliphatic rings. The number of rotatable bonds is 5. The highest BCUT2D eigenvalue weighted by molar-refractivity contribution is 5.85. The zero-order chi connectivity index (χ0) is 12.4. The highest BCUT2D eigenvalue weighted by Gasteiger charge is 2.43. The largest absolute Gasteiger partial charge is 0.480 e. The minimum absolute atomic E-state index is 0.00528. The summed E-state index contributed by atoms with van der Waals surface area (Å²) in [4.78, 5) is 22.8. The summed E-state index contributed by atoms with van der Waals surface area (Å²) in [7, 11) is 0. The predicted molar refractivity (Wildman–Crippen MR) is 60.2 cm³/mol. The van der Waals surface area contributed by atoms with Gasteiger partial charge in [-0.25, -0.2) is 4.79 Å². The van der Waals surface area contributed by atoms with Gasteiger partial charge in [-0.3, -0.25) is 4.79 Å². The number of hydrogen-bond donors (Lipinski definition) is 3. The Kier molecular flexibility index (Phi) is 3.66. The molecule has 2 saturated carbocycles. The summed E-state index contributed by atoms with van der Waals surface area (Å²) in [6.45, 7) is -0.228. The molecule has 4 unspecified atom stereocenters. The molecule has 5 nitrogen and oxygen atoms in total. The van der Waals surface area contributed by atoms with Crippen molar-refractivity contribution in [1.82, 2.24) is 5.32 Å². The van der Waals surface area contributed by atoms with Gasteiger partial charge in [-0.1, -0.05) is 6.42 Å². The number of aliphatic hydroxyl groups is 1. The molecule has 17 heavy (non-hydrogen) atoms. The number of aliphatic carboxylic acids is 1. The first kappa shape index (κ1) is 12.4. The van der Waals surface area contributed by atoms with Crippen LogP contribution in [0.25, 0.3) is 0 Å². The summed E-state index contributed by atoms with van der Waals surface area (Å²) in [5, 5.41) is 20.2. The number of carboxylic acids is 1. The van der Waals surface area contributed by atoms with E-state index in [0.29, 0.717) is 11.8 Å². The molecule has 2 fully saturated rings. The summed E-state index contributed by atoms with van der Waals surface area (Å²) in [6, 6.07) is -0.952. The van der Waals surface area contributed by atoms with Crippen LogP contribution in [0.5, 0.6) is 0 Å². The van der Waals surface area contributed by atoms with Crippen LogP contribution in [0.15, 0.2) is 0 Å². The Morgan fingerprint density at radius 2 is 2.06 bits per heavy atom. The maximum absolute atomic E-state index is 12.0. The van der Waals surface area contributed by atoms with E-state index in [9.17, 15) is 9.59 Å². The molecule has 4 atom stereocenters. The first-order chi connectivity index (χ1) is 8.11. The fourth-order valence-electron chi connectivity index (χ4n) is 3.23. The molecule has 0 aromatic heterocycles. The van der Waals surface area contributed by atoms with Crippen LogP contribution in [0.1, 0.15) is 32.1 Å². The lowest BCUT2D eigenvalue weighted by Crippen LogP contribution is -2.45. The number of nitrogens with one attached hydrogen (secondary N) is 1. The number of carboxylic acid groups (broad SMARTS) is 1. The van der Waals surface area contributed by atoms with Crippen molar-refractivity contribution in [1.29, 1.82) is 0 Å². The molecule has 0 aromatic rings. The van der Waals surface area contributed by atoms with E-state index < -0.39 is 12.0 Å². The van der Waals surface area contributed by atoms with Gasteiger partial charge in [0.25, 0.3) is 0 Å². The molecule has 2 aliphatic carbocycles. The average molecular weight is 241 g/mol. The van der Waals surface area contributed by atoms with Gasteiger partial charge in [-0.15, -0.1) is 0 Å². The Balaban J connectivity index is 1.89. The molecule has 0 radical (unpaired) electrons. The number of amides is 1. The molecule has 5 heteroatoms. The van der Waals surface area contributed by atoms with Gasteiger partial charge in [0.2, 0.25) is 5.91 Å². The quantitative estimate of drug-likeness (QED) is 0.649. The monoisotopic (exact) mass is 241 g/mol. The zero-order valence-electron chi connectivity index (χ0n) is 9.76. The highest BCUT2D eigenvalue weighted by atomic mass is 16.4. The molecular formula is C12H19NO4. The molecule has 2 bridgehead atoms. The lowest BCUT2D eigenvalue weighted by Gasteiger charge is -2.23. The summed E-state index contributed by atoms with van der Waals surface area (Å²) in [5.74, 6) is -0.108. The second kappa shape index (κ2) is 5.04. The van der Waals surface area contributed by atoms with Crippen LogP contribution < -0.4 is 5.32 Å². The van der Waals surface area contributed by atoms with Crippen molar-refractivity contribution in [3.63, 3.8) is 0 Å². The first-order valence-corrected chi connectivity index (χ1v) is 6.26. The summed E-state index contributed by atoms with van der Waals surface area (Å²) < 4.78 is 0. The number of carbonyl (C=O) groups is 2. The molecule has 0 spiro atoms. The molecule has 3 N–H and O–H groups in total. The van der Waals surface area contributed by atoms with Crippen LogP contribution in [-0.2, 0) is 9.59 Å². The van der Waals surface area contributed by atoms with Crippen molar-refractivity contribution < 1.29 is 19.8 Å². The van der Waals surface area contributed by atoms with Gasteiger partial charge in [0, 0.05) is 18.9 Å². The van der Waals surface area contributed by atoms with Crippen molar-refractivity contribution in [3.05, 3.63) is 0 Å². The fourth-order valence-corrected chi connectivity index (χ4v) is 3.23. The van der Waals surface area contributed by atoms with Crippen molar-refractivity contribution in [2.24, 2.45) is 17.8 Å². The van der Waals surface area contributed by atoms with Gasteiger partial charge >= 0.3 is 5.97 Å². The second-order valence-electron chi connectivity index (χ2n) is 5.19. The first-order valence-electron chi connectivity index (χ1n) is 6.26. The lowest BCUT2D eigenvalue weighted by atomic mass is 9.88. The smallest absolute Gasteiger partial charge is 0.326 e. The van der Waals surface area contributed by atoms with Crippen LogP contribution in [0.4, 0.5) is 0 Å². The molecule has 0 aliphatic heterocycles. The Morgan fingerprint density at radius 3 is 2.53 bits per heavy atom. The van der Waals surface area contributed by atoms with Crippen LogP contribution >= 0.6 is 0 Å². The fraction of sp³-hybridized carbons (Fsp3) is 0.833. The van der Waals surface area contributed by atoms with Crippen LogP contribution in [0.3, 0.4) is 0 Å². The van der Waals surface area contributed by atoms with E-state index in [-0.39, 0.29) is 24.9 Å². The van der Waals surface area contributed by atoms with Gasteiger partial charge in [-0.05, 0) is 31.1 Å². The Bertz CT molecular complexity index is 318. The van der Waals surface area contributed by atoms with Gasteiger partial charge in [-0.2, -0.15) is 0 Å². The van der Waals surface area contributed by atoms with E-state index in [2.05, 4.69) is 5.32 Å². The van der Waals surface area contributed by atoms with E-state index in [1.165, 1.54) is 6.42 Å². The van der Waals surface area contributed by atoms with E-state index in [4.69, 9.17) is 10.2 Å². The number of fused-ring (bicyclic) bond motifs is 2. The normalized spacial score (nSPS) is 32.4. The van der Waals surface area contributed by atoms with E-state index in [1.807, 2.05) is 0 Å². The highest BCUT2D eigenvalue weighted by Crippen LogP contribution is 2.48. The molecular weight excluding hydrogens is 222 g/mol. The van der Waals surface area contributed by atoms with Gasteiger partial charge in [0.05, 0.1) is 0 Å². The topological polar surface area (TPSA) is 86.6 Å². The minimum atomic E-state index is -1.07. The van der Waals surface area contributed by atoms with E-state index in [1.54, 1.807) is 0 Å². The lowest BCUT2D eigenvalue weighted by molar-refractivity contribution is -0.143. The summed E-state index contributed by atoms with van der Waals surface area (Å²) in [5.41, 5.74) is 0. The Hall–Kier alpha value is -1.10. The van der Waals surface area contributed by atoms with Crippen LogP contribution in [0.2, 0.25) is 0 Å².